The summed E-state index contributed by atoms with van der Waals surface area (Å²) in [6.07, 6.45) is 12.4. The Morgan fingerprint density at radius 2 is 1.31 bits per heavy atom. The zero-order valence-corrected chi connectivity index (χ0v) is 35.0. The number of unbranched alkanes of at least 4 members (excludes halogenated alkanes) is 2. The highest BCUT2D eigenvalue weighted by atomic mass is 35.6. The maximum atomic E-state index is 13.3. The number of hydrogen-bond donors (Lipinski definition) is 1. The first-order valence-electron chi connectivity index (χ1n) is 17.9. The maximum absolute atomic E-state index is 13.3. The van der Waals surface area contributed by atoms with Gasteiger partial charge in [0.05, 0.1) is 23.3 Å². The first-order valence-corrected chi connectivity index (χ1v) is 20.2. The van der Waals surface area contributed by atoms with Gasteiger partial charge in [-0.15, -0.1) is 0 Å². The molecule has 0 atom stereocenters. The number of ether oxygens (including phenoxy) is 1. The smallest absolute Gasteiger partial charge is 0.338 e. The van der Waals surface area contributed by atoms with Crippen molar-refractivity contribution < 1.29 is 24.0 Å². The molecule has 0 unspecified atom stereocenters. The Hall–Kier alpha value is -3.44. The van der Waals surface area contributed by atoms with Gasteiger partial charge in [-0.25, -0.2) is 24.3 Å². The minimum Gasteiger partial charge on any atom is -0.506 e. The van der Waals surface area contributed by atoms with Crippen molar-refractivity contribution in [3.05, 3.63) is 113 Å². The predicted molar refractivity (Wildman–Crippen MR) is 223 cm³/mol. The topological polar surface area (TPSA) is 109 Å². The van der Waals surface area contributed by atoms with Crippen LogP contribution in [0.5, 0.6) is 0 Å². The van der Waals surface area contributed by atoms with Crippen LogP contribution >= 0.6 is 69.6 Å². The van der Waals surface area contributed by atoms with Gasteiger partial charge in [0.25, 0.3) is 0 Å². The third-order valence-electron chi connectivity index (χ3n) is 9.03. The van der Waals surface area contributed by atoms with Gasteiger partial charge in [0, 0.05) is 42.8 Å². The third kappa shape index (κ3) is 10.5. The van der Waals surface area contributed by atoms with Crippen molar-refractivity contribution in [1.29, 1.82) is 0 Å². The summed E-state index contributed by atoms with van der Waals surface area (Å²) in [5.41, 5.74) is 4.70. The number of benzene rings is 2. The number of aliphatic hydroxyl groups excluding tert-OH is 1. The van der Waals surface area contributed by atoms with Crippen LogP contribution in [0.3, 0.4) is 0 Å². The average Bonchev–Trinajstić information content (AvgIpc) is 3.16. The molecule has 0 radical (unpaired) electrons. The molecule has 0 saturated heterocycles. The van der Waals surface area contributed by atoms with Gasteiger partial charge in [-0.2, -0.15) is 0 Å². The van der Waals surface area contributed by atoms with Crippen LogP contribution in [0.4, 0.5) is 5.69 Å². The summed E-state index contributed by atoms with van der Waals surface area (Å²) in [7, 11) is 0. The lowest BCUT2D eigenvalue weighted by Gasteiger charge is -2.25. The molecule has 2 aliphatic carbocycles. The lowest BCUT2D eigenvalue weighted by molar-refractivity contribution is -0.527. The van der Waals surface area contributed by atoms with E-state index in [0.29, 0.717) is 46.5 Å². The first-order chi connectivity index (χ1) is 26.2. The Labute approximate surface area is 350 Å². The van der Waals surface area contributed by atoms with Crippen molar-refractivity contribution in [2.75, 3.05) is 37.7 Å². The van der Waals surface area contributed by atoms with E-state index in [9.17, 15) is 14.7 Å². The fourth-order valence-corrected chi connectivity index (χ4v) is 6.51. The highest BCUT2D eigenvalue weighted by Crippen LogP contribution is 2.41. The largest absolute Gasteiger partial charge is 0.506 e. The third-order valence-corrected chi connectivity index (χ3v) is 10.0. The van der Waals surface area contributed by atoms with Crippen LogP contribution in [0.1, 0.15) is 74.0 Å². The van der Waals surface area contributed by atoms with Crippen LogP contribution in [0.2, 0.25) is 0 Å². The van der Waals surface area contributed by atoms with Crippen LogP contribution in [0, 0.1) is 0 Å². The number of esters is 1. The van der Waals surface area contributed by atoms with Crippen molar-refractivity contribution in [1.82, 2.24) is 15.0 Å². The molecule has 0 spiro atoms. The van der Waals surface area contributed by atoms with E-state index in [2.05, 4.69) is 33.4 Å². The van der Waals surface area contributed by atoms with Crippen LogP contribution in [-0.2, 0) is 17.1 Å². The molecule has 1 N–H and O–H groups in total. The normalized spacial score (nSPS) is 14.4. The maximum Gasteiger partial charge on any atom is 0.338 e. The Balaban J connectivity index is 1.20. The van der Waals surface area contributed by atoms with Crippen molar-refractivity contribution in [3.8, 4) is 11.4 Å². The molecule has 9 nitrogen and oxygen atoms in total. The van der Waals surface area contributed by atoms with E-state index in [1.54, 1.807) is 24.3 Å². The van der Waals surface area contributed by atoms with Crippen LogP contribution < -0.4 is 4.90 Å². The molecule has 3 aromatic rings. The molecule has 290 valence electrons. The number of anilines is 1. The Kier molecular flexibility index (Phi) is 14.5. The summed E-state index contributed by atoms with van der Waals surface area (Å²) in [6, 6.07) is 13.6. The zero-order chi connectivity index (χ0) is 39.9. The lowest BCUT2D eigenvalue weighted by atomic mass is 9.80. The Bertz CT molecular complexity index is 2000. The molecular weight excluding hydrogens is 827 g/mol. The van der Waals surface area contributed by atoms with Crippen molar-refractivity contribution in [3.63, 3.8) is 0 Å². The summed E-state index contributed by atoms with van der Waals surface area (Å²) < 4.78 is 3.94. The van der Waals surface area contributed by atoms with Crippen molar-refractivity contribution >= 4 is 98.3 Å². The average molecular weight is 868 g/mol. The van der Waals surface area contributed by atoms with Gasteiger partial charge in [-0.1, -0.05) is 121 Å². The van der Waals surface area contributed by atoms with E-state index in [0.717, 1.165) is 50.2 Å². The molecule has 5 rings (SSSR count). The summed E-state index contributed by atoms with van der Waals surface area (Å²) >= 11 is 35.9. The second-order valence-corrected chi connectivity index (χ2v) is 17.4. The number of alkyl halides is 6. The van der Waals surface area contributed by atoms with Gasteiger partial charge in [0.1, 0.15) is 25.5 Å². The molecule has 1 heterocycles. The number of rotatable bonds is 14. The molecule has 0 amide bonds. The minimum absolute atomic E-state index is 0.0000304. The number of allylic oxidation sites excluding steroid dienone is 7. The monoisotopic (exact) mass is 864 g/mol. The van der Waals surface area contributed by atoms with E-state index < -0.39 is 13.6 Å². The number of carbonyl (C=O) groups excluding carboxylic acids is 2. The van der Waals surface area contributed by atoms with Gasteiger partial charge in [0.15, 0.2) is 23.2 Å². The van der Waals surface area contributed by atoms with E-state index in [-0.39, 0.29) is 35.6 Å². The number of hydrogen-bond acceptors (Lipinski definition) is 8. The number of ketones is 1. The number of carbonyl (C=O) groups is 2. The second kappa shape index (κ2) is 18.7. The van der Waals surface area contributed by atoms with Crippen molar-refractivity contribution in [2.45, 2.75) is 54.0 Å². The van der Waals surface area contributed by atoms with Gasteiger partial charge in [-0.3, -0.25) is 4.79 Å². The summed E-state index contributed by atoms with van der Waals surface area (Å²) in [5, 5.41) is 11.0. The molecular formula is C40H40Cl6N5O4+. The Morgan fingerprint density at radius 3 is 1.80 bits per heavy atom. The zero-order valence-electron chi connectivity index (χ0n) is 30.5. The number of likely N-dealkylation sites (N-methyl/N-ethyl adjacent to an activating group) is 1. The number of halogens is 6. The number of aliphatic hydroxyl groups is 1. The second-order valence-electron chi connectivity index (χ2n) is 12.8. The quantitative estimate of drug-likeness (QED) is 0.0739. The van der Waals surface area contributed by atoms with Gasteiger partial charge < -0.3 is 14.7 Å². The Morgan fingerprint density at radius 1 is 0.764 bits per heavy atom. The number of nitrogens with zero attached hydrogens (tertiary/aromatic N) is 5. The summed E-state index contributed by atoms with van der Waals surface area (Å²) in [6.45, 7) is 9.51. The number of aromatic nitrogens is 3. The van der Waals surface area contributed by atoms with Crippen LogP contribution in [0.25, 0.3) is 17.0 Å². The molecule has 0 fully saturated rings. The highest BCUT2D eigenvalue weighted by Gasteiger charge is 2.37. The molecule has 2 aromatic carbocycles. The number of Topliss-reactive ketones (excluding diaryl/α,β-unsaturated/α-hetero) is 1. The summed E-state index contributed by atoms with van der Waals surface area (Å²) in [4.78, 5) is 40.6. The van der Waals surface area contributed by atoms with Gasteiger partial charge in [0.2, 0.25) is 13.4 Å². The SMILES string of the molecule is CCCC[N+](CCCC)=C1C=CC(=C2C(=O)C(c3ccc(N(CC)CCOC(=O)c4ccc(-c5nc(C(Cl)(Cl)Cl)nc(C(Cl)(Cl)Cl)n5)cc4)cc3)=C2O)C=C1. The molecule has 0 saturated carbocycles. The molecule has 0 bridgehead atoms. The molecule has 0 aliphatic heterocycles. The van der Waals surface area contributed by atoms with E-state index in [4.69, 9.17) is 74.3 Å². The molecule has 2 aliphatic rings. The van der Waals surface area contributed by atoms with Gasteiger partial charge in [-0.05, 0) is 54.5 Å². The predicted octanol–water partition coefficient (Wildman–Crippen LogP) is 10.2. The lowest BCUT2D eigenvalue weighted by Crippen LogP contribution is -2.28. The molecule has 55 heavy (non-hydrogen) atoms. The van der Waals surface area contributed by atoms with Gasteiger partial charge >= 0.3 is 5.97 Å². The molecule has 1 aromatic heterocycles. The standard InChI is InChI=1S/C40H39Cl6N5O4/c1-4-7-21-51(22-8-5-2)30-19-15-26(16-20-30)32-33(52)31(34(32)53)25-13-17-29(18-14-25)50(6-3)23-24-55-36(54)28-11-9-27(10-12-28)35-47-37(39(41,42)43)49-38(48-35)40(44,45)46/h9-20H,4-8,21-24H2,1-3H3/p+1. The first kappa shape index (κ1) is 42.7. The van der Waals surface area contributed by atoms with E-state index >= 15 is 0 Å². The highest BCUT2D eigenvalue weighted by molar-refractivity contribution is 6.67. The van der Waals surface area contributed by atoms with E-state index in [1.807, 2.05) is 60.4 Å². The fraction of sp³-hybridized carbons (Fsp3) is 0.350. The van der Waals surface area contributed by atoms with E-state index in [1.165, 1.54) is 0 Å². The fourth-order valence-electron chi connectivity index (χ4n) is 6.00. The minimum atomic E-state index is -2.00. The molecule has 15 heteroatoms. The van der Waals surface area contributed by atoms with Crippen LogP contribution in [0.15, 0.2) is 89.7 Å². The van der Waals surface area contributed by atoms with Crippen LogP contribution in [-0.4, -0.2) is 74.9 Å². The summed E-state index contributed by atoms with van der Waals surface area (Å²) in [5.74, 6) is -1.11. The van der Waals surface area contributed by atoms with Crippen molar-refractivity contribution in [2.24, 2.45) is 0 Å².